The van der Waals surface area contributed by atoms with Gasteiger partial charge in [-0.15, -0.1) is 0 Å². The summed E-state index contributed by atoms with van der Waals surface area (Å²) in [6, 6.07) is 6.67. The van der Waals surface area contributed by atoms with Crippen molar-refractivity contribution in [2.75, 3.05) is 14.2 Å². The van der Waals surface area contributed by atoms with Gasteiger partial charge in [0, 0.05) is 17.1 Å². The summed E-state index contributed by atoms with van der Waals surface area (Å²) in [6.45, 7) is 8.47. The first-order chi connectivity index (χ1) is 8.78. The number of methoxy groups -OCH3 is 1. The molecule has 0 fully saturated rings. The average molecular weight is 264 g/mol. The topological polar surface area (TPSA) is 47.3 Å². The molecule has 0 aliphatic carbocycles. The third-order valence-corrected chi connectivity index (χ3v) is 3.38. The molecule has 0 bridgehead atoms. The minimum absolute atomic E-state index is 0.205. The van der Waals surface area contributed by atoms with Gasteiger partial charge in [0.05, 0.1) is 7.11 Å². The molecule has 3 N–H and O–H groups in total. The summed E-state index contributed by atoms with van der Waals surface area (Å²) in [7, 11) is 3.69. The smallest absolute Gasteiger partial charge is 0.123 e. The Labute approximate surface area is 117 Å². The van der Waals surface area contributed by atoms with Gasteiger partial charge in [0.25, 0.3) is 0 Å². The molecule has 0 saturated heterocycles. The molecule has 0 saturated carbocycles. The maximum absolute atomic E-state index is 6.14. The Morgan fingerprint density at radius 3 is 2.37 bits per heavy atom. The van der Waals surface area contributed by atoms with Gasteiger partial charge in [-0.25, -0.2) is 0 Å². The average Bonchev–Trinajstić information content (AvgIpc) is 2.34. The number of hydrogen-bond acceptors (Lipinski definition) is 3. The van der Waals surface area contributed by atoms with Crippen LogP contribution in [0.15, 0.2) is 18.2 Å². The van der Waals surface area contributed by atoms with Crippen molar-refractivity contribution < 1.29 is 4.74 Å². The summed E-state index contributed by atoms with van der Waals surface area (Å²) in [5.41, 5.74) is 8.39. The van der Waals surface area contributed by atoms with Gasteiger partial charge in [-0.1, -0.05) is 26.0 Å². The zero-order chi connectivity index (χ0) is 14.6. The van der Waals surface area contributed by atoms with Crippen LogP contribution in [0.3, 0.4) is 0 Å². The van der Waals surface area contributed by atoms with Crippen LogP contribution in [0.2, 0.25) is 0 Å². The number of ether oxygens (including phenoxy) is 1. The van der Waals surface area contributed by atoms with E-state index >= 15 is 0 Å². The molecule has 0 heterocycles. The van der Waals surface area contributed by atoms with Crippen molar-refractivity contribution in [2.24, 2.45) is 5.73 Å². The summed E-state index contributed by atoms with van der Waals surface area (Å²) in [4.78, 5) is 0. The van der Waals surface area contributed by atoms with Crippen LogP contribution in [0.5, 0.6) is 5.75 Å². The fourth-order valence-corrected chi connectivity index (χ4v) is 2.27. The summed E-state index contributed by atoms with van der Waals surface area (Å²) in [5, 5.41) is 3.34. The third kappa shape index (κ3) is 4.51. The van der Waals surface area contributed by atoms with Crippen LogP contribution < -0.4 is 15.8 Å². The molecular weight excluding hydrogens is 236 g/mol. The van der Waals surface area contributed by atoms with E-state index in [0.717, 1.165) is 12.2 Å². The van der Waals surface area contributed by atoms with E-state index in [2.05, 4.69) is 37.4 Å². The number of hydrogen-bond donors (Lipinski definition) is 2. The van der Waals surface area contributed by atoms with Crippen LogP contribution in [-0.4, -0.2) is 19.7 Å². The van der Waals surface area contributed by atoms with Crippen molar-refractivity contribution in [1.29, 1.82) is 0 Å². The van der Waals surface area contributed by atoms with E-state index in [1.807, 2.05) is 20.9 Å². The highest BCUT2D eigenvalue weighted by molar-refractivity contribution is 5.41. The van der Waals surface area contributed by atoms with E-state index in [1.54, 1.807) is 7.11 Å². The van der Waals surface area contributed by atoms with Crippen molar-refractivity contribution in [3.63, 3.8) is 0 Å². The van der Waals surface area contributed by atoms with Gasteiger partial charge in [-0.05, 0) is 44.9 Å². The van der Waals surface area contributed by atoms with Crippen molar-refractivity contribution in [3.8, 4) is 5.75 Å². The van der Waals surface area contributed by atoms with Crippen LogP contribution in [-0.2, 0) is 0 Å². The number of nitrogens with two attached hydrogens (primary N) is 1. The Morgan fingerprint density at radius 1 is 1.32 bits per heavy atom. The molecule has 0 spiro atoms. The maximum Gasteiger partial charge on any atom is 0.123 e. The molecule has 108 valence electrons. The van der Waals surface area contributed by atoms with Crippen molar-refractivity contribution in [3.05, 3.63) is 29.3 Å². The molecular formula is C16H28N2O. The first-order valence-corrected chi connectivity index (χ1v) is 6.92. The predicted octanol–water partition coefficient (Wildman–Crippen LogP) is 3.21. The number of rotatable bonds is 6. The molecule has 1 atom stereocenters. The standard InChI is InChI=1S/C16H28N2O/c1-11(2)12-7-8-13(15(9-12)19-6)14(18-5)10-16(3,4)17/h7-9,11,14,18H,10,17H2,1-6H3. The zero-order valence-corrected chi connectivity index (χ0v) is 13.1. The molecule has 19 heavy (non-hydrogen) atoms. The first kappa shape index (κ1) is 16.0. The van der Waals surface area contributed by atoms with Gasteiger partial charge >= 0.3 is 0 Å². The van der Waals surface area contributed by atoms with Crippen LogP contribution in [0, 0.1) is 0 Å². The molecule has 1 aromatic rings. The van der Waals surface area contributed by atoms with Gasteiger partial charge in [0.15, 0.2) is 0 Å². The minimum atomic E-state index is -0.213. The van der Waals surface area contributed by atoms with Gasteiger partial charge in [0.2, 0.25) is 0 Å². The molecule has 0 amide bonds. The van der Waals surface area contributed by atoms with Gasteiger partial charge < -0.3 is 15.8 Å². The Morgan fingerprint density at radius 2 is 1.95 bits per heavy atom. The van der Waals surface area contributed by atoms with Gasteiger partial charge in [-0.2, -0.15) is 0 Å². The summed E-state index contributed by atoms with van der Waals surface area (Å²) >= 11 is 0. The number of benzene rings is 1. The Hall–Kier alpha value is -1.06. The summed E-state index contributed by atoms with van der Waals surface area (Å²) < 4.78 is 5.55. The Kier molecular flexibility index (Phi) is 5.39. The van der Waals surface area contributed by atoms with E-state index in [0.29, 0.717) is 5.92 Å². The highest BCUT2D eigenvalue weighted by Gasteiger charge is 2.22. The fourth-order valence-electron chi connectivity index (χ4n) is 2.27. The van der Waals surface area contributed by atoms with Crippen molar-refractivity contribution >= 4 is 0 Å². The van der Waals surface area contributed by atoms with Crippen molar-refractivity contribution in [1.82, 2.24) is 5.32 Å². The Balaban J connectivity index is 3.10. The highest BCUT2D eigenvalue weighted by atomic mass is 16.5. The molecule has 1 unspecified atom stereocenters. The lowest BCUT2D eigenvalue weighted by Crippen LogP contribution is -2.37. The van der Waals surface area contributed by atoms with E-state index in [4.69, 9.17) is 10.5 Å². The monoisotopic (exact) mass is 264 g/mol. The SMILES string of the molecule is CNC(CC(C)(C)N)c1ccc(C(C)C)cc1OC. The second kappa shape index (κ2) is 6.40. The van der Waals surface area contributed by atoms with Crippen LogP contribution >= 0.6 is 0 Å². The number of nitrogens with one attached hydrogen (secondary N) is 1. The maximum atomic E-state index is 6.14. The van der Waals surface area contributed by atoms with Crippen LogP contribution in [0.4, 0.5) is 0 Å². The molecule has 1 aromatic carbocycles. The quantitative estimate of drug-likeness (QED) is 0.829. The van der Waals surface area contributed by atoms with E-state index in [1.165, 1.54) is 11.1 Å². The largest absolute Gasteiger partial charge is 0.496 e. The fraction of sp³-hybridized carbons (Fsp3) is 0.625. The second-order valence-corrected chi connectivity index (χ2v) is 6.19. The van der Waals surface area contributed by atoms with Crippen LogP contribution in [0.1, 0.15) is 57.2 Å². The Bertz CT molecular complexity index is 408. The molecule has 0 aromatic heterocycles. The lowest BCUT2D eigenvalue weighted by molar-refractivity contribution is 0.369. The van der Waals surface area contributed by atoms with E-state index in [9.17, 15) is 0 Å². The molecule has 1 rings (SSSR count). The van der Waals surface area contributed by atoms with E-state index < -0.39 is 0 Å². The predicted molar refractivity (Wildman–Crippen MR) is 81.8 cm³/mol. The molecule has 3 heteroatoms. The molecule has 0 aliphatic rings. The van der Waals surface area contributed by atoms with Crippen LogP contribution in [0.25, 0.3) is 0 Å². The first-order valence-electron chi connectivity index (χ1n) is 6.92. The lowest BCUT2D eigenvalue weighted by Gasteiger charge is -2.27. The summed E-state index contributed by atoms with van der Waals surface area (Å²) in [5.74, 6) is 1.44. The zero-order valence-electron chi connectivity index (χ0n) is 13.1. The lowest BCUT2D eigenvalue weighted by atomic mass is 9.90. The van der Waals surface area contributed by atoms with Crippen molar-refractivity contribution in [2.45, 2.75) is 51.6 Å². The highest BCUT2D eigenvalue weighted by Crippen LogP contribution is 2.32. The van der Waals surface area contributed by atoms with Gasteiger partial charge in [-0.3, -0.25) is 0 Å². The third-order valence-electron chi connectivity index (χ3n) is 3.38. The normalized spacial score (nSPS) is 13.7. The molecule has 0 aliphatic heterocycles. The summed E-state index contributed by atoms with van der Waals surface area (Å²) in [6.07, 6.45) is 0.862. The van der Waals surface area contributed by atoms with Gasteiger partial charge in [0.1, 0.15) is 5.75 Å². The molecule has 0 radical (unpaired) electrons. The van der Waals surface area contributed by atoms with E-state index in [-0.39, 0.29) is 11.6 Å². The molecule has 3 nitrogen and oxygen atoms in total. The minimum Gasteiger partial charge on any atom is -0.496 e. The second-order valence-electron chi connectivity index (χ2n) is 6.19.